The zero-order valence-electron chi connectivity index (χ0n) is 11.1. The van der Waals surface area contributed by atoms with E-state index in [0.29, 0.717) is 21.6 Å². The highest BCUT2D eigenvalue weighted by Gasteiger charge is 2.19. The van der Waals surface area contributed by atoms with Gasteiger partial charge < -0.3 is 10.2 Å². The summed E-state index contributed by atoms with van der Waals surface area (Å²) in [6.45, 7) is 0. The van der Waals surface area contributed by atoms with Crippen LogP contribution >= 0.6 is 15.9 Å². The van der Waals surface area contributed by atoms with Crippen molar-refractivity contribution in [3.8, 4) is 5.75 Å². The van der Waals surface area contributed by atoms with Gasteiger partial charge in [-0.25, -0.2) is 8.42 Å². The highest BCUT2D eigenvalue weighted by Crippen LogP contribution is 2.30. The minimum absolute atomic E-state index is 0.0576. The van der Waals surface area contributed by atoms with Gasteiger partial charge in [0.15, 0.2) is 0 Å². The molecule has 4 N–H and O–H groups in total. The lowest BCUT2D eigenvalue weighted by Crippen LogP contribution is -2.17. The zero-order valence-corrected chi connectivity index (χ0v) is 13.5. The van der Waals surface area contributed by atoms with Crippen molar-refractivity contribution in [3.05, 3.63) is 46.9 Å². The molecule has 112 valence electrons. The Balaban J connectivity index is 2.42. The molecule has 0 radical (unpaired) electrons. The van der Waals surface area contributed by atoms with Gasteiger partial charge in [0, 0.05) is 10.5 Å². The van der Waals surface area contributed by atoms with Gasteiger partial charge in [-0.3, -0.25) is 10.6 Å². The number of nitrogens with one attached hydrogen (secondary N) is 2. The number of halogens is 1. The van der Waals surface area contributed by atoms with Crippen LogP contribution in [-0.2, 0) is 10.0 Å². The highest BCUT2D eigenvalue weighted by molar-refractivity contribution is 9.10. The molecule has 0 aromatic heterocycles. The number of anilines is 2. The summed E-state index contributed by atoms with van der Waals surface area (Å²) in [6.07, 6.45) is 0. The molecule has 2 rings (SSSR count). The number of hydrogen-bond acceptors (Lipinski definition) is 5. The number of nitrogens with two attached hydrogens (primary N) is 1. The molecule has 0 atom stereocenters. The van der Waals surface area contributed by atoms with E-state index in [2.05, 4.69) is 26.1 Å². The van der Waals surface area contributed by atoms with Gasteiger partial charge in [-0.15, -0.1) is 0 Å². The molecule has 0 bridgehead atoms. The molecule has 0 fully saturated rings. The number of nitrogen functional groups attached to an aromatic ring is 1. The van der Waals surface area contributed by atoms with E-state index in [4.69, 9.17) is 10.6 Å². The van der Waals surface area contributed by atoms with Crippen molar-refractivity contribution >= 4 is 37.3 Å². The Hall–Kier alpha value is -1.77. The Morgan fingerprint density at radius 1 is 1.14 bits per heavy atom. The quantitative estimate of drug-likeness (QED) is 0.554. The van der Waals surface area contributed by atoms with E-state index in [1.165, 1.54) is 13.2 Å². The van der Waals surface area contributed by atoms with Crippen molar-refractivity contribution in [1.29, 1.82) is 0 Å². The fourth-order valence-electron chi connectivity index (χ4n) is 1.73. The van der Waals surface area contributed by atoms with Crippen LogP contribution in [0.25, 0.3) is 0 Å². The first-order valence-electron chi connectivity index (χ1n) is 5.90. The summed E-state index contributed by atoms with van der Waals surface area (Å²) in [7, 11) is -2.27. The Morgan fingerprint density at radius 3 is 2.52 bits per heavy atom. The first-order valence-corrected chi connectivity index (χ1v) is 8.17. The van der Waals surface area contributed by atoms with Crippen molar-refractivity contribution < 1.29 is 13.2 Å². The van der Waals surface area contributed by atoms with E-state index in [1.807, 2.05) is 0 Å². The van der Waals surface area contributed by atoms with Crippen LogP contribution in [0.15, 0.2) is 51.8 Å². The van der Waals surface area contributed by atoms with Gasteiger partial charge in [0.05, 0.1) is 18.5 Å². The maximum absolute atomic E-state index is 12.5. The summed E-state index contributed by atoms with van der Waals surface area (Å²) < 4.78 is 33.1. The van der Waals surface area contributed by atoms with E-state index >= 15 is 0 Å². The summed E-state index contributed by atoms with van der Waals surface area (Å²) in [5, 5.41) is 0. The second-order valence-electron chi connectivity index (χ2n) is 4.09. The first kappa shape index (κ1) is 15.6. The van der Waals surface area contributed by atoms with E-state index in [-0.39, 0.29) is 4.90 Å². The van der Waals surface area contributed by atoms with Crippen LogP contribution in [0.4, 0.5) is 11.4 Å². The Kier molecular flexibility index (Phi) is 4.71. The number of rotatable bonds is 5. The third kappa shape index (κ3) is 3.46. The Labute approximate surface area is 131 Å². The van der Waals surface area contributed by atoms with Crippen LogP contribution < -0.4 is 20.7 Å². The maximum Gasteiger partial charge on any atom is 0.264 e. The maximum atomic E-state index is 12.5. The molecule has 0 spiro atoms. The largest absolute Gasteiger partial charge is 0.497 e. The van der Waals surface area contributed by atoms with Crippen LogP contribution in [-0.4, -0.2) is 15.5 Å². The van der Waals surface area contributed by atoms with Gasteiger partial charge >= 0.3 is 0 Å². The molecule has 0 aliphatic carbocycles. The van der Waals surface area contributed by atoms with Crippen LogP contribution in [0.1, 0.15) is 0 Å². The summed E-state index contributed by atoms with van der Waals surface area (Å²) in [6, 6.07) is 11.4. The SMILES string of the molecule is COc1ccc(Br)c(NS(=O)(=O)c2ccccc2NN)c1. The highest BCUT2D eigenvalue weighted by atomic mass is 79.9. The number of hydrogen-bond donors (Lipinski definition) is 3. The fraction of sp³-hybridized carbons (Fsp3) is 0.0769. The lowest BCUT2D eigenvalue weighted by molar-refractivity contribution is 0.415. The molecule has 2 aromatic carbocycles. The van der Waals surface area contributed by atoms with E-state index < -0.39 is 10.0 Å². The van der Waals surface area contributed by atoms with Gasteiger partial charge in [-0.2, -0.15) is 0 Å². The number of para-hydroxylation sites is 1. The van der Waals surface area contributed by atoms with E-state index in [9.17, 15) is 8.42 Å². The first-order chi connectivity index (χ1) is 9.97. The minimum atomic E-state index is -3.78. The van der Waals surface area contributed by atoms with Crippen LogP contribution in [0.3, 0.4) is 0 Å². The molecule has 0 unspecified atom stereocenters. The summed E-state index contributed by atoms with van der Waals surface area (Å²) in [5.74, 6) is 5.89. The third-order valence-corrected chi connectivity index (χ3v) is 4.87. The van der Waals surface area contributed by atoms with Crippen LogP contribution in [0.5, 0.6) is 5.75 Å². The van der Waals surface area contributed by atoms with Crippen molar-refractivity contribution in [2.24, 2.45) is 5.84 Å². The lowest BCUT2D eigenvalue weighted by atomic mass is 10.3. The van der Waals surface area contributed by atoms with Gasteiger partial charge in [-0.1, -0.05) is 12.1 Å². The zero-order chi connectivity index (χ0) is 15.5. The van der Waals surface area contributed by atoms with Gasteiger partial charge in [0.2, 0.25) is 0 Å². The molecule has 6 nitrogen and oxygen atoms in total. The van der Waals surface area contributed by atoms with Crippen LogP contribution in [0.2, 0.25) is 0 Å². The smallest absolute Gasteiger partial charge is 0.264 e. The monoisotopic (exact) mass is 371 g/mol. The number of hydrazine groups is 1. The van der Waals surface area contributed by atoms with E-state index in [0.717, 1.165) is 0 Å². The van der Waals surface area contributed by atoms with Gasteiger partial charge in [-0.05, 0) is 40.2 Å². The predicted molar refractivity (Wildman–Crippen MR) is 85.8 cm³/mol. The molecule has 21 heavy (non-hydrogen) atoms. The molecular weight excluding hydrogens is 358 g/mol. The second kappa shape index (κ2) is 6.33. The van der Waals surface area contributed by atoms with Crippen LogP contribution in [0, 0.1) is 0 Å². The number of methoxy groups -OCH3 is 1. The number of ether oxygens (including phenoxy) is 1. The molecule has 0 aliphatic heterocycles. The van der Waals surface area contributed by atoms with Gasteiger partial charge in [0.25, 0.3) is 10.0 Å². The standard InChI is InChI=1S/C13H14BrN3O3S/c1-20-9-6-7-10(14)12(8-9)17-21(18,19)13-5-3-2-4-11(13)16-15/h2-8,16-17H,15H2,1H3. The molecule has 0 saturated carbocycles. The molecule has 0 aliphatic rings. The Bertz CT molecular complexity index is 750. The summed E-state index contributed by atoms with van der Waals surface area (Å²) in [4.78, 5) is 0.0576. The molecule has 2 aromatic rings. The van der Waals surface area contributed by atoms with Crippen molar-refractivity contribution in [1.82, 2.24) is 0 Å². The minimum Gasteiger partial charge on any atom is -0.497 e. The number of benzene rings is 2. The summed E-state index contributed by atoms with van der Waals surface area (Å²) >= 11 is 3.30. The fourth-order valence-corrected chi connectivity index (χ4v) is 3.45. The topological polar surface area (TPSA) is 93.4 Å². The molecule has 0 saturated heterocycles. The molecule has 8 heteroatoms. The van der Waals surface area contributed by atoms with Crippen molar-refractivity contribution in [3.63, 3.8) is 0 Å². The molecule has 0 amide bonds. The predicted octanol–water partition coefficient (Wildman–Crippen LogP) is 2.54. The Morgan fingerprint density at radius 2 is 1.86 bits per heavy atom. The van der Waals surface area contributed by atoms with Gasteiger partial charge in [0.1, 0.15) is 10.6 Å². The molecular formula is C13H14BrN3O3S. The average Bonchev–Trinajstić information content (AvgIpc) is 2.49. The molecule has 0 heterocycles. The normalized spacial score (nSPS) is 11.0. The average molecular weight is 372 g/mol. The lowest BCUT2D eigenvalue weighted by Gasteiger charge is -2.13. The van der Waals surface area contributed by atoms with Crippen molar-refractivity contribution in [2.45, 2.75) is 4.90 Å². The van der Waals surface area contributed by atoms with Crippen molar-refractivity contribution in [2.75, 3.05) is 17.3 Å². The second-order valence-corrected chi connectivity index (χ2v) is 6.60. The number of sulfonamides is 1. The summed E-state index contributed by atoms with van der Waals surface area (Å²) in [5.41, 5.74) is 3.05. The third-order valence-electron chi connectivity index (χ3n) is 2.75. The van der Waals surface area contributed by atoms with E-state index in [1.54, 1.807) is 36.4 Å².